The molecule has 1 heterocycles. The number of nitrogens with one attached hydrogen (secondary N) is 1. The third-order valence-electron chi connectivity index (χ3n) is 3.20. The Hall–Kier alpha value is -1.71. The lowest BCUT2D eigenvalue weighted by molar-refractivity contribution is 0.415. The number of ether oxygens (including phenoxy) is 1. The summed E-state index contributed by atoms with van der Waals surface area (Å²) in [5.41, 5.74) is 3.54. The van der Waals surface area contributed by atoms with E-state index in [9.17, 15) is 0 Å². The van der Waals surface area contributed by atoms with Gasteiger partial charge in [-0.15, -0.1) is 11.3 Å². The second-order valence-electron chi connectivity index (χ2n) is 4.46. The third kappa shape index (κ3) is 2.60. The van der Waals surface area contributed by atoms with Crippen molar-refractivity contribution in [3.05, 3.63) is 58.4 Å². The molecular weight excluding hydrogens is 290 g/mol. The summed E-state index contributed by atoms with van der Waals surface area (Å²) in [6.45, 7) is 0.735. The van der Waals surface area contributed by atoms with Crippen LogP contribution in [0.1, 0.15) is 5.56 Å². The van der Waals surface area contributed by atoms with Gasteiger partial charge in [-0.05, 0) is 35.2 Å². The van der Waals surface area contributed by atoms with E-state index in [2.05, 4.69) is 35.0 Å². The minimum atomic E-state index is 0.639. The van der Waals surface area contributed by atoms with Crippen LogP contribution in [0.4, 0.5) is 5.69 Å². The van der Waals surface area contributed by atoms with Crippen molar-refractivity contribution in [2.24, 2.45) is 0 Å². The van der Waals surface area contributed by atoms with Crippen LogP contribution < -0.4 is 10.1 Å². The van der Waals surface area contributed by atoms with E-state index in [0.29, 0.717) is 10.8 Å². The van der Waals surface area contributed by atoms with Gasteiger partial charge < -0.3 is 10.1 Å². The van der Waals surface area contributed by atoms with Crippen LogP contribution in [0.15, 0.2) is 47.8 Å². The van der Waals surface area contributed by atoms with Gasteiger partial charge in [0.1, 0.15) is 5.75 Å². The molecule has 4 heteroatoms. The van der Waals surface area contributed by atoms with Crippen molar-refractivity contribution in [3.63, 3.8) is 0 Å². The summed E-state index contributed by atoms with van der Waals surface area (Å²) in [5.74, 6) is 0.704. The first-order valence-corrected chi connectivity index (χ1v) is 7.56. The fraction of sp³-hybridized carbons (Fsp3) is 0.125. The largest absolute Gasteiger partial charge is 0.495 e. The fourth-order valence-corrected chi connectivity index (χ4v) is 3.26. The second kappa shape index (κ2) is 5.73. The first kappa shape index (κ1) is 13.3. The second-order valence-corrected chi connectivity index (χ2v) is 5.82. The van der Waals surface area contributed by atoms with Crippen LogP contribution in [0, 0.1) is 0 Å². The van der Waals surface area contributed by atoms with E-state index in [1.165, 1.54) is 10.4 Å². The zero-order valence-corrected chi connectivity index (χ0v) is 12.6. The topological polar surface area (TPSA) is 21.3 Å². The van der Waals surface area contributed by atoms with Crippen LogP contribution in [0.3, 0.4) is 0 Å². The predicted molar refractivity (Wildman–Crippen MR) is 86.3 cm³/mol. The Morgan fingerprint density at radius 1 is 1.20 bits per heavy atom. The monoisotopic (exact) mass is 303 g/mol. The minimum Gasteiger partial charge on any atom is -0.495 e. The average molecular weight is 304 g/mol. The van der Waals surface area contributed by atoms with Crippen molar-refractivity contribution in [1.82, 2.24) is 0 Å². The van der Waals surface area contributed by atoms with E-state index in [0.717, 1.165) is 17.8 Å². The Kier molecular flexibility index (Phi) is 3.81. The fourth-order valence-electron chi connectivity index (χ4n) is 2.17. The predicted octanol–water partition coefficient (Wildman–Crippen LogP) is 5.13. The molecule has 1 aromatic carbocycles. The summed E-state index contributed by atoms with van der Waals surface area (Å²) >= 11 is 7.89. The molecule has 1 aliphatic heterocycles. The molecule has 0 unspecified atom stereocenters. The molecule has 0 radical (unpaired) electrons. The summed E-state index contributed by atoms with van der Waals surface area (Å²) in [4.78, 5) is 1.29. The Morgan fingerprint density at radius 3 is 2.90 bits per heavy atom. The summed E-state index contributed by atoms with van der Waals surface area (Å²) < 4.78 is 5.16. The highest BCUT2D eigenvalue weighted by Gasteiger charge is 2.08. The molecule has 0 bridgehead atoms. The number of benzene rings is 1. The zero-order chi connectivity index (χ0) is 13.9. The molecular formula is C16H14ClNOS. The van der Waals surface area contributed by atoms with Crippen LogP contribution >= 0.6 is 22.9 Å². The Morgan fingerprint density at radius 2 is 2.10 bits per heavy atom. The molecule has 2 nitrogen and oxygen atoms in total. The maximum Gasteiger partial charge on any atom is 0.137 e. The van der Waals surface area contributed by atoms with E-state index in [1.54, 1.807) is 18.4 Å². The van der Waals surface area contributed by atoms with Crippen LogP contribution in [0.25, 0.3) is 10.4 Å². The number of hydrogen-bond donors (Lipinski definition) is 1. The van der Waals surface area contributed by atoms with Gasteiger partial charge in [0.05, 0.1) is 12.1 Å². The van der Waals surface area contributed by atoms with Crippen molar-refractivity contribution in [2.75, 3.05) is 12.4 Å². The lowest BCUT2D eigenvalue weighted by Gasteiger charge is -2.11. The van der Waals surface area contributed by atoms with Crippen LogP contribution in [0.5, 0.6) is 5.75 Å². The highest BCUT2D eigenvalue weighted by molar-refractivity contribution is 7.13. The number of rotatable bonds is 4. The summed E-state index contributed by atoms with van der Waals surface area (Å²) in [7, 11) is 1.62. The maximum absolute atomic E-state index is 6.14. The molecule has 102 valence electrons. The SMILES string of the molecule is COc1ccc(CNc2ccsc3cccc2-3)cc1Cl. The molecule has 0 saturated carbocycles. The molecule has 0 aromatic heterocycles. The first-order chi connectivity index (χ1) is 9.78. The molecule has 0 spiro atoms. The van der Waals surface area contributed by atoms with Gasteiger partial charge in [0, 0.05) is 22.7 Å². The molecule has 0 atom stereocenters. The third-order valence-corrected chi connectivity index (χ3v) is 4.37. The van der Waals surface area contributed by atoms with Crippen LogP contribution in [-0.4, -0.2) is 7.11 Å². The first-order valence-electron chi connectivity index (χ1n) is 6.30. The van der Waals surface area contributed by atoms with Crippen molar-refractivity contribution in [1.29, 1.82) is 0 Å². The standard InChI is InChI=1S/C16H14ClNOS/c1-19-15-6-5-11(9-13(15)17)10-18-14-7-8-20-16-4-2-3-12(14)16/h2-9,18H,10H2,1H3. The molecule has 1 aromatic rings. The Labute approximate surface area is 127 Å². The Bertz CT molecular complexity index is 695. The molecule has 1 aliphatic carbocycles. The van der Waals surface area contributed by atoms with Gasteiger partial charge in [0.2, 0.25) is 0 Å². The van der Waals surface area contributed by atoms with Crippen molar-refractivity contribution >= 4 is 28.6 Å². The molecule has 20 heavy (non-hydrogen) atoms. The normalized spacial score (nSPS) is 10.7. The van der Waals surface area contributed by atoms with E-state index >= 15 is 0 Å². The summed E-state index contributed by atoms with van der Waals surface area (Å²) in [5, 5.41) is 6.20. The van der Waals surface area contributed by atoms with E-state index in [1.807, 2.05) is 18.2 Å². The zero-order valence-electron chi connectivity index (χ0n) is 11.0. The average Bonchev–Trinajstić information content (AvgIpc) is 2.94. The lowest BCUT2D eigenvalue weighted by atomic mass is 10.2. The van der Waals surface area contributed by atoms with Gasteiger partial charge in [-0.3, -0.25) is 0 Å². The van der Waals surface area contributed by atoms with E-state index in [4.69, 9.17) is 16.3 Å². The summed E-state index contributed by atoms with van der Waals surface area (Å²) in [6.07, 6.45) is 0. The van der Waals surface area contributed by atoms with Crippen LogP contribution in [0.2, 0.25) is 5.02 Å². The summed E-state index contributed by atoms with van der Waals surface area (Å²) in [6, 6.07) is 14.3. The number of halogens is 1. The van der Waals surface area contributed by atoms with Crippen molar-refractivity contribution in [3.8, 4) is 16.2 Å². The van der Waals surface area contributed by atoms with Gasteiger partial charge in [0.15, 0.2) is 0 Å². The number of anilines is 1. The lowest BCUT2D eigenvalue weighted by Crippen LogP contribution is -2.00. The number of methoxy groups -OCH3 is 1. The Balaban J connectivity index is 1.77. The molecule has 3 rings (SSSR count). The number of fused-ring (bicyclic) bond motifs is 1. The molecule has 0 amide bonds. The van der Waals surface area contributed by atoms with Crippen molar-refractivity contribution in [2.45, 2.75) is 6.54 Å². The van der Waals surface area contributed by atoms with Gasteiger partial charge in [-0.2, -0.15) is 0 Å². The number of hydrogen-bond acceptors (Lipinski definition) is 3. The van der Waals surface area contributed by atoms with Crippen LogP contribution in [-0.2, 0) is 6.54 Å². The maximum atomic E-state index is 6.14. The van der Waals surface area contributed by atoms with E-state index in [-0.39, 0.29) is 0 Å². The quantitative estimate of drug-likeness (QED) is 0.721. The minimum absolute atomic E-state index is 0.639. The van der Waals surface area contributed by atoms with Gasteiger partial charge in [0.25, 0.3) is 0 Å². The molecule has 1 N–H and O–H groups in total. The molecule has 0 saturated heterocycles. The van der Waals surface area contributed by atoms with Gasteiger partial charge in [-0.25, -0.2) is 0 Å². The van der Waals surface area contributed by atoms with Gasteiger partial charge in [-0.1, -0.05) is 29.8 Å². The van der Waals surface area contributed by atoms with E-state index < -0.39 is 0 Å². The highest BCUT2D eigenvalue weighted by Crippen LogP contribution is 2.34. The smallest absolute Gasteiger partial charge is 0.137 e. The highest BCUT2D eigenvalue weighted by atomic mass is 35.5. The van der Waals surface area contributed by atoms with Crippen molar-refractivity contribution < 1.29 is 4.74 Å². The molecule has 0 fully saturated rings. The molecule has 2 aliphatic rings. The van der Waals surface area contributed by atoms with Gasteiger partial charge >= 0.3 is 0 Å².